The zero-order valence-corrected chi connectivity index (χ0v) is 19.3. The molecule has 1 aromatic rings. The molecule has 0 saturated carbocycles. The molecule has 4 nitrogen and oxygen atoms in total. The van der Waals surface area contributed by atoms with E-state index in [0.717, 1.165) is 52.9 Å². The Labute approximate surface area is 181 Å². The van der Waals surface area contributed by atoms with Gasteiger partial charge in [0.05, 0.1) is 16.8 Å². The fourth-order valence-corrected chi connectivity index (χ4v) is 3.09. The third-order valence-electron chi connectivity index (χ3n) is 3.56. The summed E-state index contributed by atoms with van der Waals surface area (Å²) in [5.74, 6) is 1.59. The normalized spacial score (nSPS) is 10.3. The number of halogens is 3. The average molecular weight is 481 g/mol. The molecule has 0 spiro atoms. The maximum atomic E-state index is 5.94. The topological polar surface area (TPSA) is 40.0 Å². The van der Waals surface area contributed by atoms with Crippen LogP contribution in [-0.4, -0.2) is 25.5 Å². The molecule has 0 fully saturated rings. The highest BCUT2D eigenvalue weighted by molar-refractivity contribution is 9.10. The van der Waals surface area contributed by atoms with Crippen molar-refractivity contribution in [2.45, 2.75) is 52.9 Å². The Hall–Kier alpha value is -0.910. The molecule has 0 unspecified atom stereocenters. The molecule has 0 aliphatic carbocycles. The van der Waals surface area contributed by atoms with Gasteiger partial charge < -0.3 is 14.3 Å². The summed E-state index contributed by atoms with van der Waals surface area (Å²) >= 11 is 14.7. The first-order valence-electron chi connectivity index (χ1n) is 9.10. The van der Waals surface area contributed by atoms with Gasteiger partial charge >= 0.3 is 0 Å². The zero-order valence-electron chi connectivity index (χ0n) is 16.2. The SMILES string of the molecule is CC(C)=NOCCCCCCCOc1c(C)cc(OCC=C(Cl)Cl)cc1Br. The molecule has 152 valence electrons. The number of nitrogens with zero attached hydrogens (tertiary/aromatic N) is 1. The van der Waals surface area contributed by atoms with Crippen LogP contribution in [0.25, 0.3) is 0 Å². The first-order chi connectivity index (χ1) is 12.9. The van der Waals surface area contributed by atoms with Gasteiger partial charge in [0.2, 0.25) is 0 Å². The smallest absolute Gasteiger partial charge is 0.136 e. The Morgan fingerprint density at radius 3 is 2.33 bits per heavy atom. The summed E-state index contributed by atoms with van der Waals surface area (Å²) < 4.78 is 12.6. The largest absolute Gasteiger partial charge is 0.492 e. The minimum atomic E-state index is 0.197. The number of rotatable bonds is 13. The number of hydrogen-bond acceptors (Lipinski definition) is 4. The third kappa shape index (κ3) is 11.5. The van der Waals surface area contributed by atoms with Gasteiger partial charge in [-0.25, -0.2) is 0 Å². The molecule has 0 heterocycles. The molecule has 1 rings (SSSR count). The van der Waals surface area contributed by atoms with Crippen molar-refractivity contribution in [3.05, 3.63) is 32.7 Å². The van der Waals surface area contributed by atoms with Gasteiger partial charge in [0, 0.05) is 0 Å². The second kappa shape index (κ2) is 14.1. The number of aryl methyl sites for hydroxylation is 1. The van der Waals surface area contributed by atoms with Crippen molar-refractivity contribution in [3.8, 4) is 11.5 Å². The van der Waals surface area contributed by atoms with E-state index in [1.807, 2.05) is 32.9 Å². The summed E-state index contributed by atoms with van der Waals surface area (Å²) in [7, 11) is 0. The van der Waals surface area contributed by atoms with Crippen LogP contribution >= 0.6 is 39.1 Å². The Kier molecular flexibility index (Phi) is 12.6. The first-order valence-corrected chi connectivity index (χ1v) is 10.6. The summed E-state index contributed by atoms with van der Waals surface area (Å²) in [6.45, 7) is 7.56. The first kappa shape index (κ1) is 24.1. The molecule has 0 saturated heterocycles. The van der Waals surface area contributed by atoms with Crippen molar-refractivity contribution in [2.24, 2.45) is 5.16 Å². The van der Waals surface area contributed by atoms with Crippen molar-refractivity contribution in [1.82, 2.24) is 0 Å². The molecule has 0 radical (unpaired) electrons. The predicted molar refractivity (Wildman–Crippen MR) is 117 cm³/mol. The Morgan fingerprint density at radius 2 is 1.70 bits per heavy atom. The third-order valence-corrected chi connectivity index (χ3v) is 4.46. The molecular formula is C20H28BrCl2NO3. The average Bonchev–Trinajstić information content (AvgIpc) is 2.58. The summed E-state index contributed by atoms with van der Waals surface area (Å²) in [4.78, 5) is 5.18. The quantitative estimate of drug-likeness (QED) is 0.170. The van der Waals surface area contributed by atoms with Crippen molar-refractivity contribution < 1.29 is 14.3 Å². The number of ether oxygens (including phenoxy) is 2. The molecule has 0 atom stereocenters. The van der Waals surface area contributed by atoms with E-state index in [4.69, 9.17) is 37.5 Å². The molecule has 0 aromatic heterocycles. The summed E-state index contributed by atoms with van der Waals surface area (Å²) in [5.41, 5.74) is 1.97. The fourth-order valence-electron chi connectivity index (χ4n) is 2.31. The van der Waals surface area contributed by atoms with Crippen LogP contribution in [0.4, 0.5) is 0 Å². The maximum absolute atomic E-state index is 5.94. The van der Waals surface area contributed by atoms with Gasteiger partial charge in [0.25, 0.3) is 0 Å². The molecular weight excluding hydrogens is 453 g/mol. The van der Waals surface area contributed by atoms with Gasteiger partial charge in [-0.15, -0.1) is 0 Å². The van der Waals surface area contributed by atoms with Crippen LogP contribution in [0, 0.1) is 6.92 Å². The van der Waals surface area contributed by atoms with Crippen molar-refractivity contribution in [3.63, 3.8) is 0 Å². The number of hydrogen-bond donors (Lipinski definition) is 0. The highest BCUT2D eigenvalue weighted by Gasteiger charge is 2.08. The number of oxime groups is 1. The number of benzene rings is 1. The van der Waals surface area contributed by atoms with E-state index < -0.39 is 0 Å². The number of unbranched alkanes of at least 4 members (excludes halogenated alkanes) is 4. The highest BCUT2D eigenvalue weighted by Crippen LogP contribution is 2.33. The standard InChI is InChI=1S/C20H28BrCl2NO3/c1-15(2)24-27-11-8-6-4-5-7-10-26-20-16(3)13-17(14-18(20)21)25-12-9-19(22)23/h9,13-14H,4-8,10-12H2,1-3H3. The molecule has 1 aromatic carbocycles. The second-order valence-corrected chi connectivity index (χ2v) is 8.21. The lowest BCUT2D eigenvalue weighted by Gasteiger charge is -2.13. The van der Waals surface area contributed by atoms with Crippen LogP contribution < -0.4 is 9.47 Å². The summed E-state index contributed by atoms with van der Waals surface area (Å²) in [6, 6.07) is 3.83. The van der Waals surface area contributed by atoms with E-state index in [1.54, 1.807) is 6.08 Å². The molecule has 0 aliphatic heterocycles. The van der Waals surface area contributed by atoms with E-state index in [0.29, 0.717) is 19.8 Å². The molecule has 0 amide bonds. The lowest BCUT2D eigenvalue weighted by atomic mass is 10.1. The molecule has 27 heavy (non-hydrogen) atoms. The van der Waals surface area contributed by atoms with Crippen LogP contribution in [0.5, 0.6) is 11.5 Å². The molecule has 0 aliphatic rings. The van der Waals surface area contributed by atoms with Gasteiger partial charge in [-0.3, -0.25) is 0 Å². The lowest BCUT2D eigenvalue weighted by Crippen LogP contribution is -2.01. The lowest BCUT2D eigenvalue weighted by molar-refractivity contribution is 0.139. The van der Waals surface area contributed by atoms with Crippen LogP contribution in [0.2, 0.25) is 0 Å². The summed E-state index contributed by atoms with van der Waals surface area (Å²) in [5, 5.41) is 3.92. The van der Waals surface area contributed by atoms with Crippen LogP contribution in [0.15, 0.2) is 32.3 Å². The van der Waals surface area contributed by atoms with Crippen LogP contribution in [0.3, 0.4) is 0 Å². The van der Waals surface area contributed by atoms with E-state index in [2.05, 4.69) is 21.1 Å². The molecule has 0 N–H and O–H groups in total. The van der Waals surface area contributed by atoms with Gasteiger partial charge in [-0.2, -0.15) is 0 Å². The molecule has 0 bridgehead atoms. The minimum absolute atomic E-state index is 0.197. The van der Waals surface area contributed by atoms with Crippen LogP contribution in [0.1, 0.15) is 51.5 Å². The monoisotopic (exact) mass is 479 g/mol. The Bertz CT molecular complexity index is 605. The fraction of sp³-hybridized carbons (Fsp3) is 0.550. The van der Waals surface area contributed by atoms with E-state index in [9.17, 15) is 0 Å². The van der Waals surface area contributed by atoms with Crippen molar-refractivity contribution in [2.75, 3.05) is 19.8 Å². The van der Waals surface area contributed by atoms with E-state index >= 15 is 0 Å². The second-order valence-electron chi connectivity index (χ2n) is 6.34. The van der Waals surface area contributed by atoms with E-state index in [1.165, 1.54) is 6.42 Å². The highest BCUT2D eigenvalue weighted by atomic mass is 79.9. The van der Waals surface area contributed by atoms with Crippen LogP contribution in [-0.2, 0) is 4.84 Å². The predicted octanol–water partition coefficient (Wildman–Crippen LogP) is 7.20. The van der Waals surface area contributed by atoms with Gasteiger partial charge in [-0.1, -0.05) is 41.2 Å². The van der Waals surface area contributed by atoms with Gasteiger partial charge in [0.15, 0.2) is 0 Å². The van der Waals surface area contributed by atoms with Crippen molar-refractivity contribution in [1.29, 1.82) is 0 Å². The van der Waals surface area contributed by atoms with E-state index in [-0.39, 0.29) is 4.49 Å². The Balaban J connectivity index is 2.24. The summed E-state index contributed by atoms with van der Waals surface area (Å²) in [6.07, 6.45) is 7.11. The maximum Gasteiger partial charge on any atom is 0.136 e. The Morgan fingerprint density at radius 1 is 1.04 bits per heavy atom. The van der Waals surface area contributed by atoms with Gasteiger partial charge in [0.1, 0.15) is 29.2 Å². The van der Waals surface area contributed by atoms with Gasteiger partial charge in [-0.05, 0) is 79.7 Å². The minimum Gasteiger partial charge on any atom is -0.492 e. The molecule has 7 heteroatoms. The van der Waals surface area contributed by atoms with Crippen molar-refractivity contribution >= 4 is 44.8 Å². The zero-order chi connectivity index (χ0) is 20.1.